The van der Waals surface area contributed by atoms with Crippen LogP contribution in [0.3, 0.4) is 0 Å². The van der Waals surface area contributed by atoms with Crippen molar-refractivity contribution < 1.29 is 14.7 Å². The number of amides is 2. The average Bonchev–Trinajstić information content (AvgIpc) is 2.81. The summed E-state index contributed by atoms with van der Waals surface area (Å²) < 4.78 is 0. The Bertz CT molecular complexity index is 404. The van der Waals surface area contributed by atoms with Crippen LogP contribution < -0.4 is 10.6 Å². The molecule has 2 aliphatic rings. The zero-order valence-electron chi connectivity index (χ0n) is 12.9. The minimum atomic E-state index is -0.828. The van der Waals surface area contributed by atoms with Gasteiger partial charge >= 0.3 is 12.0 Å². The summed E-state index contributed by atoms with van der Waals surface area (Å²) >= 11 is 1.86. The van der Waals surface area contributed by atoms with Gasteiger partial charge in [-0.25, -0.2) is 4.79 Å². The Labute approximate surface area is 130 Å². The third kappa shape index (κ3) is 3.84. The van der Waals surface area contributed by atoms with Crippen LogP contribution in [-0.4, -0.2) is 40.7 Å². The van der Waals surface area contributed by atoms with Gasteiger partial charge in [-0.1, -0.05) is 12.8 Å². The second kappa shape index (κ2) is 6.90. The summed E-state index contributed by atoms with van der Waals surface area (Å²) in [6.07, 6.45) is 8.74. The van der Waals surface area contributed by atoms with E-state index >= 15 is 0 Å². The Morgan fingerprint density at radius 3 is 2.62 bits per heavy atom. The largest absolute Gasteiger partial charge is 0.481 e. The number of urea groups is 1. The predicted octanol–water partition coefficient (Wildman–Crippen LogP) is 2.60. The number of rotatable bonds is 4. The van der Waals surface area contributed by atoms with Crippen LogP contribution >= 0.6 is 11.8 Å². The third-order valence-electron chi connectivity index (χ3n) is 5.05. The molecular weight excluding hydrogens is 288 g/mol. The van der Waals surface area contributed by atoms with E-state index in [1.807, 2.05) is 11.8 Å². The van der Waals surface area contributed by atoms with Crippen molar-refractivity contribution in [2.24, 2.45) is 5.41 Å². The Balaban J connectivity index is 1.85. The van der Waals surface area contributed by atoms with Crippen LogP contribution in [0.1, 0.15) is 51.9 Å². The van der Waals surface area contributed by atoms with E-state index in [0.29, 0.717) is 11.7 Å². The lowest BCUT2D eigenvalue weighted by molar-refractivity contribution is -0.148. The Morgan fingerprint density at radius 2 is 1.95 bits per heavy atom. The molecule has 0 heterocycles. The van der Waals surface area contributed by atoms with E-state index in [1.165, 1.54) is 6.42 Å². The lowest BCUT2D eigenvalue weighted by Crippen LogP contribution is -2.52. The second-order valence-electron chi connectivity index (χ2n) is 6.51. The number of carbonyl (C=O) groups excluding carboxylic acids is 1. The number of thioether (sulfide) groups is 1. The molecule has 120 valence electrons. The number of carboxylic acid groups (broad SMARTS) is 1. The fraction of sp³-hybridized carbons (Fsp3) is 0.867. The van der Waals surface area contributed by atoms with Gasteiger partial charge in [-0.3, -0.25) is 4.79 Å². The van der Waals surface area contributed by atoms with Gasteiger partial charge in [-0.05, 0) is 45.3 Å². The molecule has 3 N–H and O–H groups in total. The molecule has 0 radical (unpaired) electrons. The summed E-state index contributed by atoms with van der Waals surface area (Å²) in [5, 5.41) is 15.9. The number of aliphatic carboxylic acids is 1. The molecule has 0 saturated heterocycles. The van der Waals surface area contributed by atoms with Crippen LogP contribution in [0.4, 0.5) is 4.79 Å². The van der Waals surface area contributed by atoms with E-state index in [0.717, 1.165) is 32.1 Å². The fourth-order valence-corrected chi connectivity index (χ4v) is 4.36. The summed E-state index contributed by atoms with van der Waals surface area (Å²) in [5.74, 6) is -0.814. The summed E-state index contributed by atoms with van der Waals surface area (Å²) in [6, 6.07) is -0.259. The Kier molecular flexibility index (Phi) is 5.41. The van der Waals surface area contributed by atoms with Gasteiger partial charge in [0.05, 0.1) is 5.41 Å². The normalized spacial score (nSPS) is 36.2. The zero-order chi connectivity index (χ0) is 15.5. The monoisotopic (exact) mass is 314 g/mol. The SMILES string of the molecule is CSC1CCCC(NC(=O)NC2CCCC2(C)C(=O)O)C1. The number of nitrogens with one attached hydrogen (secondary N) is 2. The summed E-state index contributed by atoms with van der Waals surface area (Å²) in [5.41, 5.74) is -0.828. The molecule has 2 saturated carbocycles. The van der Waals surface area contributed by atoms with E-state index in [1.54, 1.807) is 6.92 Å². The van der Waals surface area contributed by atoms with E-state index in [4.69, 9.17) is 0 Å². The van der Waals surface area contributed by atoms with Crippen LogP contribution in [-0.2, 0) is 4.79 Å². The summed E-state index contributed by atoms with van der Waals surface area (Å²) in [6.45, 7) is 1.73. The molecule has 2 aliphatic carbocycles. The van der Waals surface area contributed by atoms with E-state index in [9.17, 15) is 14.7 Å². The van der Waals surface area contributed by atoms with Gasteiger partial charge in [0.15, 0.2) is 0 Å². The minimum absolute atomic E-state index is 0.207. The van der Waals surface area contributed by atoms with Crippen molar-refractivity contribution in [1.82, 2.24) is 10.6 Å². The molecule has 0 aromatic carbocycles. The van der Waals surface area contributed by atoms with Gasteiger partial charge in [0.25, 0.3) is 0 Å². The lowest BCUT2D eigenvalue weighted by atomic mass is 9.85. The standard InChI is InChI=1S/C15H26N2O3S/c1-15(13(18)19)8-4-7-12(15)17-14(20)16-10-5-3-6-11(9-10)21-2/h10-12H,3-9H2,1-2H3,(H,18,19)(H2,16,17,20). The van der Waals surface area contributed by atoms with Crippen molar-refractivity contribution in [2.75, 3.05) is 6.26 Å². The molecular formula is C15H26N2O3S. The fourth-order valence-electron chi connectivity index (χ4n) is 3.53. The highest BCUT2D eigenvalue weighted by Gasteiger charge is 2.46. The van der Waals surface area contributed by atoms with Crippen LogP contribution in [0, 0.1) is 5.41 Å². The topological polar surface area (TPSA) is 78.4 Å². The third-order valence-corrected chi connectivity index (χ3v) is 6.14. The minimum Gasteiger partial charge on any atom is -0.481 e. The molecule has 4 unspecified atom stereocenters. The summed E-state index contributed by atoms with van der Waals surface area (Å²) in [7, 11) is 0. The van der Waals surface area contributed by atoms with Crippen molar-refractivity contribution in [3.8, 4) is 0 Å². The molecule has 4 atom stereocenters. The molecule has 0 aromatic rings. The molecule has 0 bridgehead atoms. The van der Waals surface area contributed by atoms with Gasteiger partial charge in [0, 0.05) is 17.3 Å². The first kappa shape index (κ1) is 16.5. The van der Waals surface area contributed by atoms with Crippen molar-refractivity contribution >= 4 is 23.8 Å². The van der Waals surface area contributed by atoms with E-state index in [-0.39, 0.29) is 18.1 Å². The first-order chi connectivity index (χ1) is 9.95. The van der Waals surface area contributed by atoms with Crippen LogP contribution in [0.25, 0.3) is 0 Å². The second-order valence-corrected chi connectivity index (χ2v) is 7.64. The Hall–Kier alpha value is -0.910. The molecule has 0 aromatic heterocycles. The highest BCUT2D eigenvalue weighted by molar-refractivity contribution is 7.99. The van der Waals surface area contributed by atoms with Crippen LogP contribution in [0.15, 0.2) is 0 Å². The Morgan fingerprint density at radius 1 is 1.19 bits per heavy atom. The maximum Gasteiger partial charge on any atom is 0.315 e. The number of hydrogen-bond acceptors (Lipinski definition) is 3. The van der Waals surface area contributed by atoms with Gasteiger partial charge in [-0.15, -0.1) is 0 Å². The number of carbonyl (C=O) groups is 2. The average molecular weight is 314 g/mol. The molecule has 21 heavy (non-hydrogen) atoms. The molecule has 2 rings (SSSR count). The summed E-state index contributed by atoms with van der Waals surface area (Å²) in [4.78, 5) is 23.6. The van der Waals surface area contributed by atoms with Crippen molar-refractivity contribution in [3.63, 3.8) is 0 Å². The molecule has 6 heteroatoms. The van der Waals surface area contributed by atoms with Gasteiger partial charge in [0.2, 0.25) is 0 Å². The van der Waals surface area contributed by atoms with Gasteiger partial charge in [-0.2, -0.15) is 11.8 Å². The van der Waals surface area contributed by atoms with E-state index in [2.05, 4.69) is 16.9 Å². The smallest absolute Gasteiger partial charge is 0.315 e. The van der Waals surface area contributed by atoms with Crippen LogP contribution in [0.5, 0.6) is 0 Å². The number of hydrogen-bond donors (Lipinski definition) is 3. The first-order valence-corrected chi connectivity index (χ1v) is 9.07. The molecule has 0 spiro atoms. The molecule has 2 fully saturated rings. The molecule has 5 nitrogen and oxygen atoms in total. The van der Waals surface area contributed by atoms with Gasteiger partial charge in [0.1, 0.15) is 0 Å². The quantitative estimate of drug-likeness (QED) is 0.745. The molecule has 2 amide bonds. The first-order valence-electron chi connectivity index (χ1n) is 7.79. The van der Waals surface area contributed by atoms with Gasteiger partial charge < -0.3 is 15.7 Å². The maximum absolute atomic E-state index is 12.2. The lowest BCUT2D eigenvalue weighted by Gasteiger charge is -2.31. The van der Waals surface area contributed by atoms with Crippen molar-refractivity contribution in [1.29, 1.82) is 0 Å². The number of carboxylic acids is 1. The van der Waals surface area contributed by atoms with Crippen molar-refractivity contribution in [2.45, 2.75) is 69.2 Å². The maximum atomic E-state index is 12.2. The van der Waals surface area contributed by atoms with E-state index < -0.39 is 11.4 Å². The highest BCUT2D eigenvalue weighted by atomic mass is 32.2. The highest BCUT2D eigenvalue weighted by Crippen LogP contribution is 2.38. The predicted molar refractivity (Wildman–Crippen MR) is 84.6 cm³/mol. The van der Waals surface area contributed by atoms with Crippen LogP contribution in [0.2, 0.25) is 0 Å². The zero-order valence-corrected chi connectivity index (χ0v) is 13.7. The molecule has 0 aliphatic heterocycles. The van der Waals surface area contributed by atoms with Crippen molar-refractivity contribution in [3.05, 3.63) is 0 Å².